The summed E-state index contributed by atoms with van der Waals surface area (Å²) in [4.78, 5) is 10.8. The van der Waals surface area contributed by atoms with Gasteiger partial charge in [-0.25, -0.2) is 4.79 Å². The average Bonchev–Trinajstić information content (AvgIpc) is 2.68. The number of hydrogen-bond acceptors (Lipinski definition) is 3. The first kappa shape index (κ1) is 23.9. The van der Waals surface area contributed by atoms with E-state index < -0.39 is 5.97 Å². The van der Waals surface area contributed by atoms with Crippen molar-refractivity contribution >= 4 is 24.3 Å². The number of aromatic carboxylic acids is 1. The molecule has 0 saturated heterocycles. The zero-order valence-corrected chi connectivity index (χ0v) is 17.8. The maximum Gasteiger partial charge on any atom is 0.335 e. The largest absolute Gasteiger partial charge is 0.478 e. The Morgan fingerprint density at radius 1 is 0.704 bits per heavy atom. The van der Waals surface area contributed by atoms with Crippen LogP contribution in [0, 0.1) is 0 Å². The first-order valence-electron chi connectivity index (χ1n) is 10.9. The third kappa shape index (κ3) is 13.6. The van der Waals surface area contributed by atoms with Crippen molar-refractivity contribution in [2.75, 3.05) is 17.6 Å². The van der Waals surface area contributed by atoms with Gasteiger partial charge in [0, 0.05) is 12.2 Å². The zero-order chi connectivity index (χ0) is 19.6. The van der Waals surface area contributed by atoms with Crippen LogP contribution in [0.3, 0.4) is 0 Å². The van der Waals surface area contributed by atoms with Crippen molar-refractivity contribution in [3.8, 4) is 0 Å². The van der Waals surface area contributed by atoms with E-state index >= 15 is 0 Å². The van der Waals surface area contributed by atoms with Crippen LogP contribution in [0.25, 0.3) is 0 Å². The van der Waals surface area contributed by atoms with Crippen LogP contribution in [0.1, 0.15) is 100 Å². The number of rotatable bonds is 18. The molecule has 0 radical (unpaired) electrons. The highest BCUT2D eigenvalue weighted by Crippen LogP contribution is 2.14. The third-order valence-corrected chi connectivity index (χ3v) is 5.36. The highest BCUT2D eigenvalue weighted by Gasteiger charge is 2.01. The van der Waals surface area contributed by atoms with Gasteiger partial charge in [-0.1, -0.05) is 77.0 Å². The Bertz CT molecular complexity index is 476. The van der Waals surface area contributed by atoms with Crippen LogP contribution in [-0.4, -0.2) is 23.4 Å². The molecule has 154 valence electrons. The molecule has 0 saturated carbocycles. The number of carboxylic acid groups (broad SMARTS) is 1. The average molecular weight is 394 g/mol. The minimum Gasteiger partial charge on any atom is -0.478 e. The summed E-state index contributed by atoms with van der Waals surface area (Å²) >= 11 is 4.25. The lowest BCUT2D eigenvalue weighted by Gasteiger charge is -2.07. The number of carboxylic acids is 1. The lowest BCUT2D eigenvalue weighted by molar-refractivity contribution is 0.0697. The minimum atomic E-state index is -0.874. The molecule has 1 aromatic rings. The van der Waals surface area contributed by atoms with Crippen molar-refractivity contribution in [3.63, 3.8) is 0 Å². The standard InChI is InChI=1S/C23H39NO2S/c25-23(26)21-15-17-22(18-16-21)24-19-13-11-9-7-5-3-1-2-4-6-8-10-12-14-20-27/h15-18,24,27H,1-14,19-20H2,(H,25,26). The number of carbonyl (C=O) groups is 1. The third-order valence-electron chi connectivity index (χ3n) is 5.05. The molecule has 27 heavy (non-hydrogen) atoms. The predicted molar refractivity (Wildman–Crippen MR) is 120 cm³/mol. The van der Waals surface area contributed by atoms with E-state index in [-0.39, 0.29) is 0 Å². The molecular weight excluding hydrogens is 354 g/mol. The molecule has 0 fully saturated rings. The summed E-state index contributed by atoms with van der Waals surface area (Å²) in [6.45, 7) is 0.959. The van der Waals surface area contributed by atoms with Crippen LogP contribution in [0.15, 0.2) is 24.3 Å². The van der Waals surface area contributed by atoms with Gasteiger partial charge in [0.25, 0.3) is 0 Å². The second kappa shape index (κ2) is 17.0. The maximum atomic E-state index is 10.8. The Kier molecular flexibility index (Phi) is 15.0. The SMILES string of the molecule is O=C(O)c1ccc(NCCCCCCCCCCCCCCCCS)cc1. The van der Waals surface area contributed by atoms with Gasteiger partial charge in [-0.05, 0) is 42.9 Å². The zero-order valence-electron chi connectivity index (χ0n) is 16.9. The van der Waals surface area contributed by atoms with Gasteiger partial charge in [0.2, 0.25) is 0 Å². The fourth-order valence-electron chi connectivity index (χ4n) is 3.32. The van der Waals surface area contributed by atoms with Crippen molar-refractivity contribution in [2.24, 2.45) is 0 Å². The van der Waals surface area contributed by atoms with Crippen LogP contribution >= 0.6 is 12.6 Å². The molecule has 2 N–H and O–H groups in total. The Morgan fingerprint density at radius 2 is 1.11 bits per heavy atom. The Morgan fingerprint density at radius 3 is 1.52 bits per heavy atom. The monoisotopic (exact) mass is 393 g/mol. The van der Waals surface area contributed by atoms with Crippen LogP contribution in [0.4, 0.5) is 5.69 Å². The van der Waals surface area contributed by atoms with Crippen LogP contribution < -0.4 is 5.32 Å². The van der Waals surface area contributed by atoms with Crippen molar-refractivity contribution in [2.45, 2.75) is 89.9 Å². The summed E-state index contributed by atoms with van der Waals surface area (Å²) in [5, 5.41) is 12.2. The lowest BCUT2D eigenvalue weighted by Crippen LogP contribution is -2.02. The number of hydrogen-bond donors (Lipinski definition) is 3. The first-order chi connectivity index (χ1) is 13.2. The summed E-state index contributed by atoms with van der Waals surface area (Å²) in [6, 6.07) is 6.97. The number of unbranched alkanes of at least 4 members (excludes halogenated alkanes) is 13. The Labute approximate surface area is 171 Å². The van der Waals surface area contributed by atoms with Crippen LogP contribution in [0.2, 0.25) is 0 Å². The maximum absolute atomic E-state index is 10.8. The lowest BCUT2D eigenvalue weighted by atomic mass is 10.0. The molecule has 0 aromatic heterocycles. The molecule has 0 aliphatic carbocycles. The second-order valence-electron chi connectivity index (χ2n) is 7.48. The molecule has 0 spiro atoms. The van der Waals surface area contributed by atoms with E-state index in [0.29, 0.717) is 5.56 Å². The van der Waals surface area contributed by atoms with Crippen molar-refractivity contribution in [3.05, 3.63) is 29.8 Å². The fraction of sp³-hybridized carbons (Fsp3) is 0.696. The first-order valence-corrected chi connectivity index (χ1v) is 11.6. The van der Waals surface area contributed by atoms with Crippen LogP contribution in [0.5, 0.6) is 0 Å². The van der Waals surface area contributed by atoms with Gasteiger partial charge in [0.05, 0.1) is 5.56 Å². The molecule has 0 bridgehead atoms. The second-order valence-corrected chi connectivity index (χ2v) is 7.93. The molecule has 0 unspecified atom stereocenters. The molecule has 0 aliphatic rings. The predicted octanol–water partition coefficient (Wildman–Crippen LogP) is 7.19. The summed E-state index contributed by atoms with van der Waals surface area (Å²) in [6.07, 6.45) is 19.0. The summed E-state index contributed by atoms with van der Waals surface area (Å²) in [7, 11) is 0. The highest BCUT2D eigenvalue weighted by molar-refractivity contribution is 7.80. The Hall–Kier alpha value is -1.16. The van der Waals surface area contributed by atoms with E-state index in [2.05, 4.69) is 17.9 Å². The number of benzene rings is 1. The van der Waals surface area contributed by atoms with Gasteiger partial charge in [-0.2, -0.15) is 12.6 Å². The Balaban J connectivity index is 1.81. The molecule has 3 nitrogen and oxygen atoms in total. The van der Waals surface area contributed by atoms with Gasteiger partial charge < -0.3 is 10.4 Å². The fourth-order valence-corrected chi connectivity index (χ4v) is 3.55. The molecule has 1 aromatic carbocycles. The summed E-state index contributed by atoms with van der Waals surface area (Å²) in [5.74, 6) is 0.167. The topological polar surface area (TPSA) is 49.3 Å². The molecule has 0 heterocycles. The molecular formula is C23H39NO2S. The van der Waals surface area contributed by atoms with Crippen molar-refractivity contribution in [1.29, 1.82) is 0 Å². The van der Waals surface area contributed by atoms with E-state index in [9.17, 15) is 4.79 Å². The normalized spacial score (nSPS) is 10.9. The van der Waals surface area contributed by atoms with E-state index in [1.807, 2.05) is 12.1 Å². The summed E-state index contributed by atoms with van der Waals surface area (Å²) < 4.78 is 0. The van der Waals surface area contributed by atoms with Gasteiger partial charge >= 0.3 is 5.97 Å². The number of thiol groups is 1. The smallest absolute Gasteiger partial charge is 0.335 e. The quantitative estimate of drug-likeness (QED) is 0.183. The molecule has 4 heteroatoms. The van der Waals surface area contributed by atoms with Gasteiger partial charge in [0.1, 0.15) is 0 Å². The number of anilines is 1. The highest BCUT2D eigenvalue weighted by atomic mass is 32.1. The minimum absolute atomic E-state index is 0.338. The van der Waals surface area contributed by atoms with Crippen LogP contribution in [-0.2, 0) is 0 Å². The van der Waals surface area contributed by atoms with Gasteiger partial charge in [0.15, 0.2) is 0 Å². The van der Waals surface area contributed by atoms with Gasteiger partial charge in [-0.15, -0.1) is 0 Å². The number of nitrogens with one attached hydrogen (secondary N) is 1. The molecule has 0 amide bonds. The van der Waals surface area contributed by atoms with E-state index in [1.165, 1.54) is 89.9 Å². The molecule has 0 aliphatic heterocycles. The molecule has 1 rings (SSSR count). The van der Waals surface area contributed by atoms with E-state index in [1.54, 1.807) is 12.1 Å². The van der Waals surface area contributed by atoms with Crippen molar-refractivity contribution < 1.29 is 9.90 Å². The summed E-state index contributed by atoms with van der Waals surface area (Å²) in [5.41, 5.74) is 1.34. The van der Waals surface area contributed by atoms with E-state index in [4.69, 9.17) is 5.11 Å². The van der Waals surface area contributed by atoms with Gasteiger partial charge in [-0.3, -0.25) is 0 Å². The van der Waals surface area contributed by atoms with E-state index in [0.717, 1.165) is 18.0 Å². The molecule has 0 atom stereocenters. The van der Waals surface area contributed by atoms with Crippen molar-refractivity contribution in [1.82, 2.24) is 0 Å².